The molecule has 0 aliphatic carbocycles. The van der Waals surface area contributed by atoms with E-state index in [2.05, 4.69) is 20.8 Å². The number of hydrogen-bond acceptors (Lipinski definition) is 8. The van der Waals surface area contributed by atoms with Gasteiger partial charge in [0.1, 0.15) is 0 Å². The van der Waals surface area contributed by atoms with Gasteiger partial charge in [-0.05, 0) is 36.4 Å². The Morgan fingerprint density at radius 2 is 1.66 bits per heavy atom. The third-order valence-electron chi connectivity index (χ3n) is 3.55. The summed E-state index contributed by atoms with van der Waals surface area (Å²) in [5.74, 6) is -0.186. The van der Waals surface area contributed by atoms with Crippen LogP contribution in [0.5, 0.6) is 0 Å². The lowest BCUT2D eigenvalue weighted by molar-refractivity contribution is -0.384. The number of rotatable bonds is 7. The fourth-order valence-corrected chi connectivity index (χ4v) is 2.84. The van der Waals surface area contributed by atoms with Gasteiger partial charge in [0.05, 0.1) is 10.7 Å². The summed E-state index contributed by atoms with van der Waals surface area (Å²) in [6, 6.07) is 12.4. The summed E-state index contributed by atoms with van der Waals surface area (Å²) in [4.78, 5) is 33.3. The summed E-state index contributed by atoms with van der Waals surface area (Å²) in [7, 11) is 0. The number of thioether (sulfide) groups is 1. The number of nitrogens with zero attached hydrogens (tertiary/aromatic N) is 3. The first kappa shape index (κ1) is 20.0. The molecule has 0 aliphatic heterocycles. The second kappa shape index (κ2) is 8.97. The van der Waals surface area contributed by atoms with Crippen LogP contribution in [0.3, 0.4) is 0 Å². The summed E-state index contributed by atoms with van der Waals surface area (Å²) in [6.07, 6.45) is 0. The van der Waals surface area contributed by atoms with Crippen LogP contribution in [0.4, 0.5) is 17.1 Å². The molecule has 0 fully saturated rings. The zero-order valence-electron chi connectivity index (χ0n) is 15.1. The van der Waals surface area contributed by atoms with Crippen molar-refractivity contribution in [3.63, 3.8) is 0 Å². The molecule has 0 spiro atoms. The summed E-state index contributed by atoms with van der Waals surface area (Å²) < 4.78 is 5.47. The van der Waals surface area contributed by atoms with Gasteiger partial charge in [-0.15, -0.1) is 10.2 Å². The highest BCUT2D eigenvalue weighted by atomic mass is 32.2. The average molecular weight is 413 g/mol. The van der Waals surface area contributed by atoms with Crippen LogP contribution in [0.1, 0.15) is 6.92 Å². The Labute approximate surface area is 168 Å². The van der Waals surface area contributed by atoms with Crippen molar-refractivity contribution in [2.24, 2.45) is 0 Å². The molecule has 3 aromatic rings. The number of benzene rings is 2. The van der Waals surface area contributed by atoms with Crippen LogP contribution in [0, 0.1) is 10.1 Å². The highest BCUT2D eigenvalue weighted by Gasteiger charge is 2.13. The van der Waals surface area contributed by atoms with Gasteiger partial charge in [0.2, 0.25) is 17.7 Å². The maximum absolute atomic E-state index is 12.1. The second-order valence-corrected chi connectivity index (χ2v) is 6.70. The zero-order valence-corrected chi connectivity index (χ0v) is 15.9. The third kappa shape index (κ3) is 5.62. The molecule has 0 radical (unpaired) electrons. The minimum absolute atomic E-state index is 0.0374. The van der Waals surface area contributed by atoms with Gasteiger partial charge in [-0.3, -0.25) is 19.7 Å². The molecule has 10 nitrogen and oxygen atoms in total. The topological polar surface area (TPSA) is 140 Å². The zero-order chi connectivity index (χ0) is 20.8. The number of carbonyl (C=O) groups excluding carboxylic acids is 2. The molecule has 2 N–H and O–H groups in total. The van der Waals surface area contributed by atoms with Crippen LogP contribution < -0.4 is 10.6 Å². The van der Waals surface area contributed by atoms with Crippen molar-refractivity contribution < 1.29 is 18.9 Å². The monoisotopic (exact) mass is 413 g/mol. The predicted molar refractivity (Wildman–Crippen MR) is 106 cm³/mol. The Kier molecular flexibility index (Phi) is 6.19. The minimum atomic E-state index is -0.495. The quantitative estimate of drug-likeness (QED) is 0.341. The van der Waals surface area contributed by atoms with Gasteiger partial charge in [0.15, 0.2) is 0 Å². The van der Waals surface area contributed by atoms with Crippen molar-refractivity contribution >= 4 is 40.6 Å². The van der Waals surface area contributed by atoms with Crippen LogP contribution in [-0.2, 0) is 9.59 Å². The molecule has 2 amide bonds. The van der Waals surface area contributed by atoms with E-state index in [1.807, 2.05) is 0 Å². The van der Waals surface area contributed by atoms with Gasteiger partial charge < -0.3 is 15.1 Å². The molecule has 29 heavy (non-hydrogen) atoms. The van der Waals surface area contributed by atoms with Crippen molar-refractivity contribution in [1.82, 2.24) is 10.2 Å². The fourth-order valence-electron chi connectivity index (χ4n) is 2.27. The van der Waals surface area contributed by atoms with E-state index in [-0.39, 0.29) is 34.4 Å². The maximum Gasteiger partial charge on any atom is 0.277 e. The van der Waals surface area contributed by atoms with E-state index in [0.717, 1.165) is 11.8 Å². The van der Waals surface area contributed by atoms with E-state index >= 15 is 0 Å². The fraction of sp³-hybridized carbons (Fsp3) is 0.111. The first-order chi connectivity index (χ1) is 13.9. The first-order valence-electron chi connectivity index (χ1n) is 8.29. The average Bonchev–Trinajstić information content (AvgIpc) is 3.17. The van der Waals surface area contributed by atoms with Gasteiger partial charge in [-0.25, -0.2) is 0 Å². The molecule has 1 aromatic heterocycles. The lowest BCUT2D eigenvalue weighted by atomic mass is 10.2. The standard InChI is InChI=1S/C18H15N5O5S/c1-11(24)19-13-4-6-14(7-5-13)20-16(25)10-29-18-22-21-17(28-18)12-2-8-15(9-3-12)23(26)27/h2-9H,10H2,1H3,(H,19,24)(H,20,25). The molecule has 1 heterocycles. The lowest BCUT2D eigenvalue weighted by Gasteiger charge is -2.06. The number of carbonyl (C=O) groups is 2. The molecule has 0 aliphatic rings. The summed E-state index contributed by atoms with van der Waals surface area (Å²) >= 11 is 1.07. The molecule has 0 saturated carbocycles. The molecule has 2 aromatic carbocycles. The number of anilines is 2. The molecular weight excluding hydrogens is 398 g/mol. The Bertz CT molecular complexity index is 1030. The van der Waals surface area contributed by atoms with E-state index in [1.54, 1.807) is 24.3 Å². The predicted octanol–water partition coefficient (Wildman–Crippen LogP) is 3.33. The smallest absolute Gasteiger partial charge is 0.277 e. The molecule has 148 valence electrons. The third-order valence-corrected chi connectivity index (χ3v) is 4.37. The second-order valence-electron chi connectivity index (χ2n) is 5.77. The molecule has 3 rings (SSSR count). The van der Waals surface area contributed by atoms with E-state index in [0.29, 0.717) is 16.9 Å². The van der Waals surface area contributed by atoms with E-state index in [9.17, 15) is 19.7 Å². The summed E-state index contributed by atoms with van der Waals surface area (Å²) in [6.45, 7) is 1.41. The number of amides is 2. The minimum Gasteiger partial charge on any atom is -0.411 e. The molecular formula is C18H15N5O5S. The van der Waals surface area contributed by atoms with E-state index in [1.165, 1.54) is 31.2 Å². The van der Waals surface area contributed by atoms with E-state index in [4.69, 9.17) is 4.42 Å². The molecule has 0 unspecified atom stereocenters. The normalized spacial score (nSPS) is 10.4. The van der Waals surface area contributed by atoms with Crippen LogP contribution in [0.25, 0.3) is 11.5 Å². The van der Waals surface area contributed by atoms with E-state index < -0.39 is 4.92 Å². The Hall–Kier alpha value is -3.73. The summed E-state index contributed by atoms with van der Waals surface area (Å²) in [5.41, 5.74) is 1.72. The highest BCUT2D eigenvalue weighted by molar-refractivity contribution is 7.99. The van der Waals surface area contributed by atoms with Gasteiger partial charge in [0, 0.05) is 36.0 Å². The lowest BCUT2D eigenvalue weighted by Crippen LogP contribution is -2.14. The molecule has 0 saturated heterocycles. The molecule has 11 heteroatoms. The number of nitro benzene ring substituents is 1. The Morgan fingerprint density at radius 1 is 1.03 bits per heavy atom. The highest BCUT2D eigenvalue weighted by Crippen LogP contribution is 2.25. The number of non-ortho nitro benzene ring substituents is 1. The van der Waals surface area contributed by atoms with Crippen LogP contribution >= 0.6 is 11.8 Å². The van der Waals surface area contributed by atoms with Crippen LogP contribution in [0.15, 0.2) is 58.2 Å². The van der Waals surface area contributed by atoms with Crippen LogP contribution in [0.2, 0.25) is 0 Å². The maximum atomic E-state index is 12.1. The number of hydrogen-bond donors (Lipinski definition) is 2. The first-order valence-corrected chi connectivity index (χ1v) is 9.28. The van der Waals surface area contributed by atoms with Crippen molar-refractivity contribution in [2.45, 2.75) is 12.1 Å². The SMILES string of the molecule is CC(=O)Nc1ccc(NC(=O)CSc2nnc(-c3ccc([N+](=O)[O-])cc3)o2)cc1. The van der Waals surface area contributed by atoms with Crippen LogP contribution in [-0.4, -0.2) is 32.7 Å². The number of nitro groups is 1. The summed E-state index contributed by atoms with van der Waals surface area (Å²) in [5, 5.41) is 24.0. The van der Waals surface area contributed by atoms with Gasteiger partial charge >= 0.3 is 0 Å². The van der Waals surface area contributed by atoms with Gasteiger partial charge in [0.25, 0.3) is 10.9 Å². The number of nitrogens with one attached hydrogen (secondary N) is 2. The molecule has 0 bridgehead atoms. The Morgan fingerprint density at radius 3 is 2.24 bits per heavy atom. The van der Waals surface area contributed by atoms with Crippen molar-refractivity contribution in [1.29, 1.82) is 0 Å². The molecule has 0 atom stereocenters. The largest absolute Gasteiger partial charge is 0.411 e. The van der Waals surface area contributed by atoms with Crippen molar-refractivity contribution in [2.75, 3.05) is 16.4 Å². The van der Waals surface area contributed by atoms with Gasteiger partial charge in [-0.2, -0.15) is 0 Å². The van der Waals surface area contributed by atoms with Crippen molar-refractivity contribution in [3.05, 3.63) is 58.6 Å². The Balaban J connectivity index is 1.53. The number of aromatic nitrogens is 2. The van der Waals surface area contributed by atoms with Crippen molar-refractivity contribution in [3.8, 4) is 11.5 Å². The van der Waals surface area contributed by atoms with Gasteiger partial charge in [-0.1, -0.05) is 11.8 Å².